The average Bonchev–Trinajstić information content (AvgIpc) is 2.85. The minimum atomic E-state index is -4.44. The van der Waals surface area contributed by atoms with Crippen LogP contribution in [0.1, 0.15) is 26.2 Å². The SMILES string of the molecule is C[C@@H](Oc1ccc(N2CCC3(CCNCC3)C2=O)cn1)C(F)(F)F. The van der Waals surface area contributed by atoms with Crippen molar-refractivity contribution in [1.82, 2.24) is 10.3 Å². The molecule has 0 saturated carbocycles. The van der Waals surface area contributed by atoms with Gasteiger partial charge in [0.05, 0.1) is 17.3 Å². The van der Waals surface area contributed by atoms with Gasteiger partial charge in [0.1, 0.15) is 0 Å². The molecule has 2 fully saturated rings. The lowest BCUT2D eigenvalue weighted by Crippen LogP contribution is -2.42. The summed E-state index contributed by atoms with van der Waals surface area (Å²) >= 11 is 0. The van der Waals surface area contributed by atoms with Gasteiger partial charge >= 0.3 is 6.18 Å². The molecule has 132 valence electrons. The number of aromatic nitrogens is 1. The molecule has 2 saturated heterocycles. The van der Waals surface area contributed by atoms with E-state index in [1.165, 1.54) is 12.3 Å². The van der Waals surface area contributed by atoms with Crippen LogP contribution in [0.5, 0.6) is 5.88 Å². The molecule has 5 nitrogen and oxygen atoms in total. The number of hydrogen-bond acceptors (Lipinski definition) is 4. The van der Waals surface area contributed by atoms with Gasteiger partial charge in [0, 0.05) is 12.6 Å². The van der Waals surface area contributed by atoms with Crippen LogP contribution in [0.25, 0.3) is 0 Å². The number of pyridine rings is 1. The van der Waals surface area contributed by atoms with Crippen LogP contribution in [0.3, 0.4) is 0 Å². The molecule has 0 unspecified atom stereocenters. The number of alkyl halides is 3. The number of ether oxygens (including phenoxy) is 1. The second-order valence-corrected chi connectivity index (χ2v) is 6.39. The Morgan fingerprint density at radius 1 is 1.29 bits per heavy atom. The smallest absolute Gasteiger partial charge is 0.425 e. The normalized spacial score (nSPS) is 22.0. The van der Waals surface area contributed by atoms with Crippen LogP contribution < -0.4 is 15.0 Å². The zero-order chi connectivity index (χ0) is 17.4. The highest BCUT2D eigenvalue weighted by atomic mass is 19.4. The van der Waals surface area contributed by atoms with Crippen LogP contribution in [0.15, 0.2) is 18.3 Å². The fourth-order valence-corrected chi connectivity index (χ4v) is 3.29. The molecule has 1 atom stereocenters. The predicted molar refractivity (Wildman–Crippen MR) is 81.9 cm³/mol. The first-order valence-corrected chi connectivity index (χ1v) is 8.04. The summed E-state index contributed by atoms with van der Waals surface area (Å²) in [5.41, 5.74) is 0.299. The maximum atomic E-state index is 12.8. The van der Waals surface area contributed by atoms with Gasteiger partial charge in [-0.3, -0.25) is 4.79 Å². The molecule has 1 spiro atoms. The van der Waals surface area contributed by atoms with Gasteiger partial charge in [-0.05, 0) is 45.3 Å². The number of carbonyl (C=O) groups excluding carboxylic acids is 1. The first-order valence-electron chi connectivity index (χ1n) is 8.04. The molecule has 1 N–H and O–H groups in total. The van der Waals surface area contributed by atoms with E-state index in [0.29, 0.717) is 12.2 Å². The summed E-state index contributed by atoms with van der Waals surface area (Å²) in [6.07, 6.45) is -2.53. The molecule has 0 aliphatic carbocycles. The van der Waals surface area contributed by atoms with Crippen LogP contribution in [0, 0.1) is 5.41 Å². The van der Waals surface area contributed by atoms with Crippen molar-refractivity contribution in [2.45, 2.75) is 38.5 Å². The summed E-state index contributed by atoms with van der Waals surface area (Å²) in [5, 5.41) is 3.26. The quantitative estimate of drug-likeness (QED) is 0.916. The topological polar surface area (TPSA) is 54.5 Å². The summed E-state index contributed by atoms with van der Waals surface area (Å²) in [5.74, 6) is -0.0186. The Hall–Kier alpha value is -1.83. The highest BCUT2D eigenvalue weighted by Gasteiger charge is 2.47. The van der Waals surface area contributed by atoms with Gasteiger partial charge in [0.25, 0.3) is 0 Å². The first-order chi connectivity index (χ1) is 11.3. The molecule has 1 aromatic rings. The van der Waals surface area contributed by atoms with E-state index in [0.717, 1.165) is 39.3 Å². The van der Waals surface area contributed by atoms with E-state index >= 15 is 0 Å². The fraction of sp³-hybridized carbons (Fsp3) is 0.625. The molecule has 2 aliphatic rings. The molecular weight excluding hydrogens is 323 g/mol. The van der Waals surface area contributed by atoms with Crippen molar-refractivity contribution in [3.05, 3.63) is 18.3 Å². The lowest BCUT2D eigenvalue weighted by atomic mass is 9.78. The fourth-order valence-electron chi connectivity index (χ4n) is 3.29. The number of carbonyl (C=O) groups is 1. The Morgan fingerprint density at radius 2 is 2.00 bits per heavy atom. The van der Waals surface area contributed by atoms with Crippen molar-refractivity contribution in [2.75, 3.05) is 24.5 Å². The lowest BCUT2D eigenvalue weighted by molar-refractivity contribution is -0.189. The number of anilines is 1. The summed E-state index contributed by atoms with van der Waals surface area (Å²) in [4.78, 5) is 18.4. The molecule has 24 heavy (non-hydrogen) atoms. The molecule has 1 amide bonds. The van der Waals surface area contributed by atoms with Crippen molar-refractivity contribution in [3.8, 4) is 5.88 Å². The molecule has 0 bridgehead atoms. The van der Waals surface area contributed by atoms with Crippen LogP contribution in [-0.2, 0) is 4.79 Å². The van der Waals surface area contributed by atoms with Crippen molar-refractivity contribution < 1.29 is 22.7 Å². The monoisotopic (exact) mass is 343 g/mol. The largest absolute Gasteiger partial charge is 0.465 e. The van der Waals surface area contributed by atoms with Crippen molar-refractivity contribution in [1.29, 1.82) is 0 Å². The molecule has 0 radical (unpaired) electrons. The number of hydrogen-bond donors (Lipinski definition) is 1. The van der Waals surface area contributed by atoms with Gasteiger partial charge in [-0.2, -0.15) is 13.2 Å². The van der Waals surface area contributed by atoms with E-state index in [-0.39, 0.29) is 17.2 Å². The number of nitrogens with one attached hydrogen (secondary N) is 1. The van der Waals surface area contributed by atoms with Crippen LogP contribution in [0.2, 0.25) is 0 Å². The number of halogens is 3. The highest BCUT2D eigenvalue weighted by Crippen LogP contribution is 2.41. The molecule has 3 rings (SSSR count). The third kappa shape index (κ3) is 3.19. The van der Waals surface area contributed by atoms with Gasteiger partial charge in [-0.15, -0.1) is 0 Å². The maximum Gasteiger partial charge on any atom is 0.425 e. The molecule has 8 heteroatoms. The van der Waals surface area contributed by atoms with E-state index in [9.17, 15) is 18.0 Å². The van der Waals surface area contributed by atoms with Gasteiger partial charge in [-0.1, -0.05) is 0 Å². The molecule has 0 aromatic carbocycles. The van der Waals surface area contributed by atoms with Crippen LogP contribution in [-0.4, -0.2) is 42.8 Å². The Balaban J connectivity index is 1.69. The van der Waals surface area contributed by atoms with E-state index < -0.39 is 12.3 Å². The average molecular weight is 343 g/mol. The standard InChI is InChI=1S/C16H20F3N3O2/c1-11(16(17,18)19)24-13-3-2-12(10-21-13)22-9-6-15(14(22)23)4-7-20-8-5-15/h2-3,10-11,20H,4-9H2,1H3/t11-/m1/s1. The second-order valence-electron chi connectivity index (χ2n) is 6.39. The van der Waals surface area contributed by atoms with Gasteiger partial charge in [-0.25, -0.2) is 4.98 Å². The zero-order valence-corrected chi connectivity index (χ0v) is 13.4. The summed E-state index contributed by atoms with van der Waals surface area (Å²) in [6, 6.07) is 2.96. The van der Waals surface area contributed by atoms with Crippen LogP contribution >= 0.6 is 0 Å². The minimum absolute atomic E-state index is 0.0862. The molecule has 2 aliphatic heterocycles. The van der Waals surface area contributed by atoms with Gasteiger partial charge in [0.2, 0.25) is 11.8 Å². The Morgan fingerprint density at radius 3 is 2.58 bits per heavy atom. The third-order valence-electron chi connectivity index (χ3n) is 4.86. The Labute approximate surface area is 138 Å². The summed E-state index contributed by atoms with van der Waals surface area (Å²) in [7, 11) is 0. The van der Waals surface area contributed by atoms with Gasteiger partial charge in [0.15, 0.2) is 6.10 Å². The maximum absolute atomic E-state index is 12.8. The highest BCUT2D eigenvalue weighted by molar-refractivity contribution is 5.99. The van der Waals surface area contributed by atoms with E-state index in [4.69, 9.17) is 4.74 Å². The zero-order valence-electron chi connectivity index (χ0n) is 13.4. The molecular formula is C16H20F3N3O2. The van der Waals surface area contributed by atoms with Crippen LogP contribution in [0.4, 0.5) is 18.9 Å². The summed E-state index contributed by atoms with van der Waals surface area (Å²) in [6.45, 7) is 3.21. The van der Waals surface area contributed by atoms with Crippen molar-refractivity contribution in [2.24, 2.45) is 5.41 Å². The third-order valence-corrected chi connectivity index (χ3v) is 4.86. The Kier molecular flexibility index (Phi) is 4.42. The minimum Gasteiger partial charge on any atom is -0.465 e. The number of rotatable bonds is 3. The predicted octanol–water partition coefficient (Wildman–Crippen LogP) is 2.52. The van der Waals surface area contributed by atoms with E-state index in [2.05, 4.69) is 10.3 Å². The molecule has 3 heterocycles. The van der Waals surface area contributed by atoms with E-state index in [1.54, 1.807) is 11.0 Å². The molecule has 1 aromatic heterocycles. The van der Waals surface area contributed by atoms with E-state index in [1.807, 2.05) is 0 Å². The first kappa shape index (κ1) is 17.0. The summed E-state index contributed by atoms with van der Waals surface area (Å²) < 4.78 is 42.3. The van der Waals surface area contributed by atoms with Crippen molar-refractivity contribution in [3.63, 3.8) is 0 Å². The second kappa shape index (κ2) is 6.23. The number of amides is 1. The number of piperidine rings is 1. The van der Waals surface area contributed by atoms with Gasteiger partial charge < -0.3 is 15.0 Å². The Bertz CT molecular complexity index is 598. The number of nitrogens with zero attached hydrogens (tertiary/aromatic N) is 2. The van der Waals surface area contributed by atoms with Crippen molar-refractivity contribution >= 4 is 11.6 Å². The lowest BCUT2D eigenvalue weighted by Gasteiger charge is -2.32.